The number of hydrogen-bond donors (Lipinski definition) is 2. The molecule has 0 fully saturated rings. The van der Waals surface area contributed by atoms with Crippen molar-refractivity contribution >= 4 is 29.1 Å². The van der Waals surface area contributed by atoms with Crippen LogP contribution in [-0.4, -0.2) is 21.4 Å². The summed E-state index contributed by atoms with van der Waals surface area (Å²) in [7, 11) is 0. The average Bonchev–Trinajstić information content (AvgIpc) is 3.00. The molecule has 0 unspecified atom stereocenters. The maximum Gasteiger partial charge on any atom is 0.287 e. The number of hydrogen-bond acceptors (Lipinski definition) is 2. The summed E-state index contributed by atoms with van der Waals surface area (Å²) in [5, 5.41) is 4.34. The topological polar surface area (TPSA) is 57.8 Å². The SMILES string of the molecule is CC(C)(C)NC(=O)c1nc(Cc2ccc(Cl)cc2)c(Cc2ccc(Cl)cc2)[nH]1. The lowest BCUT2D eigenvalue weighted by Gasteiger charge is -2.19. The van der Waals surface area contributed by atoms with E-state index >= 15 is 0 Å². The number of aromatic amines is 1. The molecule has 4 nitrogen and oxygen atoms in total. The second-order valence-electron chi connectivity index (χ2n) is 7.82. The van der Waals surface area contributed by atoms with E-state index in [1.807, 2.05) is 69.3 Å². The van der Waals surface area contributed by atoms with Crippen molar-refractivity contribution < 1.29 is 4.79 Å². The normalized spacial score (nSPS) is 11.5. The Balaban J connectivity index is 1.91. The van der Waals surface area contributed by atoms with Crippen molar-refractivity contribution in [2.24, 2.45) is 0 Å². The van der Waals surface area contributed by atoms with Gasteiger partial charge in [0.05, 0.1) is 5.69 Å². The lowest BCUT2D eigenvalue weighted by atomic mass is 10.0. The standard InChI is InChI=1S/C22H23Cl2N3O/c1-22(2,3)27-21(28)20-25-18(12-14-4-8-16(23)9-5-14)19(26-20)13-15-6-10-17(24)11-7-15/h4-11H,12-13H2,1-3H3,(H,25,26)(H,27,28). The smallest absolute Gasteiger partial charge is 0.287 e. The minimum absolute atomic E-state index is 0.216. The highest BCUT2D eigenvalue weighted by Gasteiger charge is 2.20. The van der Waals surface area contributed by atoms with E-state index in [-0.39, 0.29) is 11.4 Å². The Hall–Kier alpha value is -2.30. The van der Waals surface area contributed by atoms with E-state index in [0.29, 0.717) is 28.7 Å². The summed E-state index contributed by atoms with van der Waals surface area (Å²) in [6.45, 7) is 5.82. The van der Waals surface area contributed by atoms with Gasteiger partial charge in [-0.3, -0.25) is 4.79 Å². The third kappa shape index (κ3) is 5.60. The van der Waals surface area contributed by atoms with Crippen molar-refractivity contribution in [2.45, 2.75) is 39.2 Å². The highest BCUT2D eigenvalue weighted by Crippen LogP contribution is 2.19. The molecule has 3 rings (SSSR count). The lowest BCUT2D eigenvalue weighted by molar-refractivity contribution is 0.0909. The van der Waals surface area contributed by atoms with Crippen LogP contribution in [0.25, 0.3) is 0 Å². The van der Waals surface area contributed by atoms with Crippen molar-refractivity contribution in [3.8, 4) is 0 Å². The van der Waals surface area contributed by atoms with Gasteiger partial charge in [-0.05, 0) is 56.2 Å². The molecule has 1 heterocycles. The van der Waals surface area contributed by atoms with E-state index in [4.69, 9.17) is 23.2 Å². The molecule has 0 saturated heterocycles. The summed E-state index contributed by atoms with van der Waals surface area (Å²) in [5.41, 5.74) is 3.59. The van der Waals surface area contributed by atoms with Gasteiger partial charge in [0.1, 0.15) is 0 Å². The van der Waals surface area contributed by atoms with Crippen LogP contribution in [0, 0.1) is 0 Å². The monoisotopic (exact) mass is 415 g/mol. The van der Waals surface area contributed by atoms with Gasteiger partial charge in [-0.25, -0.2) is 4.98 Å². The second kappa shape index (κ2) is 8.38. The second-order valence-corrected chi connectivity index (χ2v) is 8.69. The van der Waals surface area contributed by atoms with E-state index < -0.39 is 0 Å². The van der Waals surface area contributed by atoms with Crippen LogP contribution in [0.15, 0.2) is 48.5 Å². The van der Waals surface area contributed by atoms with Crippen LogP contribution >= 0.6 is 23.2 Å². The van der Waals surface area contributed by atoms with Crippen LogP contribution < -0.4 is 5.32 Å². The van der Waals surface area contributed by atoms with Gasteiger partial charge in [-0.15, -0.1) is 0 Å². The number of H-pyrrole nitrogens is 1. The number of carbonyl (C=O) groups is 1. The fourth-order valence-electron chi connectivity index (χ4n) is 2.85. The summed E-state index contributed by atoms with van der Waals surface area (Å²) in [6.07, 6.45) is 1.25. The molecule has 28 heavy (non-hydrogen) atoms. The summed E-state index contributed by atoms with van der Waals surface area (Å²) >= 11 is 12.0. The van der Waals surface area contributed by atoms with Crippen molar-refractivity contribution in [3.63, 3.8) is 0 Å². The van der Waals surface area contributed by atoms with Gasteiger partial charge in [0.15, 0.2) is 5.82 Å². The number of carbonyl (C=O) groups excluding carboxylic acids is 1. The summed E-state index contributed by atoms with van der Waals surface area (Å²) in [6, 6.07) is 15.3. The van der Waals surface area contributed by atoms with Crippen molar-refractivity contribution in [3.05, 3.63) is 86.9 Å². The molecular formula is C22H23Cl2N3O. The van der Waals surface area contributed by atoms with Gasteiger partial charge in [-0.2, -0.15) is 0 Å². The van der Waals surface area contributed by atoms with Crippen LogP contribution in [0.2, 0.25) is 10.0 Å². The van der Waals surface area contributed by atoms with E-state index in [9.17, 15) is 4.79 Å². The molecule has 0 atom stereocenters. The lowest BCUT2D eigenvalue weighted by Crippen LogP contribution is -2.41. The highest BCUT2D eigenvalue weighted by atomic mass is 35.5. The fourth-order valence-corrected chi connectivity index (χ4v) is 3.10. The average molecular weight is 416 g/mol. The van der Waals surface area contributed by atoms with Crippen molar-refractivity contribution in [1.82, 2.24) is 15.3 Å². The number of aromatic nitrogens is 2. The van der Waals surface area contributed by atoms with Crippen LogP contribution in [0.1, 0.15) is 53.9 Å². The minimum atomic E-state index is -0.337. The quantitative estimate of drug-likeness (QED) is 0.583. The van der Waals surface area contributed by atoms with Crippen LogP contribution in [0.5, 0.6) is 0 Å². The number of amides is 1. The van der Waals surface area contributed by atoms with Gasteiger partial charge in [-0.1, -0.05) is 47.5 Å². The number of nitrogens with zero attached hydrogens (tertiary/aromatic N) is 1. The summed E-state index contributed by atoms with van der Waals surface area (Å²) in [5.74, 6) is 0.107. The Kier molecular flexibility index (Phi) is 6.11. The molecule has 6 heteroatoms. The Morgan fingerprint density at radius 3 is 1.93 bits per heavy atom. The first kappa shape index (κ1) is 20.4. The van der Waals surface area contributed by atoms with Gasteiger partial charge >= 0.3 is 0 Å². The molecule has 2 N–H and O–H groups in total. The molecule has 2 aromatic carbocycles. The number of nitrogens with one attached hydrogen (secondary N) is 2. The summed E-state index contributed by atoms with van der Waals surface area (Å²) in [4.78, 5) is 20.4. The minimum Gasteiger partial charge on any atom is -0.345 e. The van der Waals surface area contributed by atoms with Crippen LogP contribution in [-0.2, 0) is 12.8 Å². The molecule has 3 aromatic rings. The molecule has 0 radical (unpaired) electrons. The van der Waals surface area contributed by atoms with Gasteiger partial charge < -0.3 is 10.3 Å². The van der Waals surface area contributed by atoms with E-state index in [1.54, 1.807) is 0 Å². The molecule has 0 aliphatic carbocycles. The predicted molar refractivity (Wildman–Crippen MR) is 114 cm³/mol. The Labute approximate surface area is 175 Å². The molecule has 0 spiro atoms. The van der Waals surface area contributed by atoms with Gasteiger partial charge in [0.25, 0.3) is 5.91 Å². The zero-order chi connectivity index (χ0) is 20.3. The van der Waals surface area contributed by atoms with Gasteiger partial charge in [0.2, 0.25) is 0 Å². The molecule has 1 aromatic heterocycles. The maximum absolute atomic E-state index is 12.6. The van der Waals surface area contributed by atoms with Crippen LogP contribution in [0.3, 0.4) is 0 Å². The third-order valence-electron chi connectivity index (χ3n) is 4.15. The molecular weight excluding hydrogens is 393 g/mol. The van der Waals surface area contributed by atoms with E-state index in [2.05, 4.69) is 15.3 Å². The molecule has 0 aliphatic rings. The molecule has 146 valence electrons. The first-order chi connectivity index (χ1) is 13.2. The maximum atomic E-state index is 12.6. The number of rotatable bonds is 5. The molecule has 1 amide bonds. The van der Waals surface area contributed by atoms with Crippen molar-refractivity contribution in [1.29, 1.82) is 0 Å². The Morgan fingerprint density at radius 1 is 0.929 bits per heavy atom. The third-order valence-corrected chi connectivity index (χ3v) is 4.65. The molecule has 0 saturated carbocycles. The zero-order valence-electron chi connectivity index (χ0n) is 16.1. The molecule has 0 aliphatic heterocycles. The van der Waals surface area contributed by atoms with Crippen LogP contribution in [0.4, 0.5) is 0 Å². The molecule has 0 bridgehead atoms. The zero-order valence-corrected chi connectivity index (χ0v) is 17.7. The van der Waals surface area contributed by atoms with E-state index in [0.717, 1.165) is 22.5 Å². The van der Waals surface area contributed by atoms with E-state index in [1.165, 1.54) is 0 Å². The number of benzene rings is 2. The number of imidazole rings is 1. The highest BCUT2D eigenvalue weighted by molar-refractivity contribution is 6.30. The number of halogens is 2. The van der Waals surface area contributed by atoms with Gasteiger partial charge in [0, 0.05) is 34.1 Å². The Morgan fingerprint density at radius 2 is 1.43 bits per heavy atom. The largest absolute Gasteiger partial charge is 0.345 e. The predicted octanol–water partition coefficient (Wildman–Crippen LogP) is 5.43. The first-order valence-electron chi connectivity index (χ1n) is 9.09. The van der Waals surface area contributed by atoms with Crippen molar-refractivity contribution in [2.75, 3.05) is 0 Å². The first-order valence-corrected chi connectivity index (χ1v) is 9.84. The Bertz CT molecular complexity index is 890. The summed E-state index contributed by atoms with van der Waals surface area (Å²) < 4.78 is 0. The fraction of sp³-hybridized carbons (Fsp3) is 0.273.